The molecule has 1 saturated heterocycles. The molecule has 0 bridgehead atoms. The third kappa shape index (κ3) is 3.28. The second-order valence-electron chi connectivity index (χ2n) is 5.60. The summed E-state index contributed by atoms with van der Waals surface area (Å²) in [6.45, 7) is 3.36. The molecule has 1 aliphatic rings. The minimum Gasteiger partial charge on any atom is -0.371 e. The number of carbonyl (C=O) groups excluding carboxylic acids is 1. The fourth-order valence-electron chi connectivity index (χ4n) is 2.78. The average Bonchev–Trinajstić information content (AvgIpc) is 3.23. The first-order chi connectivity index (χ1) is 11.6. The van der Waals surface area contributed by atoms with E-state index in [9.17, 15) is 4.79 Å². The van der Waals surface area contributed by atoms with Crippen molar-refractivity contribution in [2.75, 3.05) is 6.61 Å². The Bertz CT molecular complexity index is 796. The van der Waals surface area contributed by atoms with Gasteiger partial charge in [-0.2, -0.15) is 10.4 Å². The van der Waals surface area contributed by atoms with Crippen LogP contribution in [0.4, 0.5) is 0 Å². The number of nitriles is 1. The fourth-order valence-corrected chi connectivity index (χ4v) is 2.98. The second-order valence-corrected chi connectivity index (χ2v) is 6.00. The maximum absolute atomic E-state index is 12.5. The molecular formula is C17H17ClN4O2. The first-order valence-electron chi connectivity index (χ1n) is 7.77. The molecule has 0 saturated carbocycles. The smallest absolute Gasteiger partial charge is 0.253 e. The summed E-state index contributed by atoms with van der Waals surface area (Å²) in [5.41, 5.74) is 1.63. The van der Waals surface area contributed by atoms with E-state index in [-0.39, 0.29) is 18.1 Å². The van der Waals surface area contributed by atoms with Gasteiger partial charge in [-0.3, -0.25) is 9.48 Å². The van der Waals surface area contributed by atoms with E-state index in [2.05, 4.69) is 10.4 Å². The van der Waals surface area contributed by atoms with Crippen LogP contribution in [0.5, 0.6) is 0 Å². The lowest BCUT2D eigenvalue weighted by Crippen LogP contribution is -2.36. The van der Waals surface area contributed by atoms with Gasteiger partial charge >= 0.3 is 0 Å². The minimum atomic E-state index is -0.305. The van der Waals surface area contributed by atoms with Gasteiger partial charge in [0, 0.05) is 24.9 Å². The Hall–Kier alpha value is -2.36. The van der Waals surface area contributed by atoms with E-state index in [4.69, 9.17) is 21.6 Å². The lowest BCUT2D eigenvalue weighted by molar-refractivity contribution is 0.0821. The number of nitrogens with zero attached hydrogens (tertiary/aromatic N) is 3. The van der Waals surface area contributed by atoms with Crippen molar-refractivity contribution in [2.45, 2.75) is 32.0 Å². The van der Waals surface area contributed by atoms with Crippen molar-refractivity contribution < 1.29 is 9.53 Å². The highest BCUT2D eigenvalue weighted by atomic mass is 35.5. The van der Waals surface area contributed by atoms with Gasteiger partial charge in [0.25, 0.3) is 5.91 Å². The third-order valence-electron chi connectivity index (χ3n) is 4.05. The standard InChI is InChI=1S/C17H17ClN4O2/c1-2-22-10-12(9-20-22)16-15(5-6-24-16)21-17(23)13-7-11(8-19)3-4-14(13)18/h3-4,7,9-10,15-16H,2,5-6H2,1H3,(H,21,23)/t15-,16+/m0/s1. The highest BCUT2D eigenvalue weighted by Gasteiger charge is 2.32. The highest BCUT2D eigenvalue weighted by molar-refractivity contribution is 6.33. The van der Waals surface area contributed by atoms with Crippen LogP contribution >= 0.6 is 11.6 Å². The monoisotopic (exact) mass is 344 g/mol. The number of halogens is 1. The number of ether oxygens (including phenoxy) is 1. The molecule has 2 aromatic rings. The molecule has 1 N–H and O–H groups in total. The summed E-state index contributed by atoms with van der Waals surface area (Å²) in [6.07, 6.45) is 4.18. The van der Waals surface area contributed by atoms with Gasteiger partial charge < -0.3 is 10.1 Å². The quantitative estimate of drug-likeness (QED) is 0.924. The zero-order valence-electron chi connectivity index (χ0n) is 13.2. The summed E-state index contributed by atoms with van der Waals surface area (Å²) in [5, 5.41) is 16.5. The molecule has 1 aliphatic heterocycles. The number of amides is 1. The van der Waals surface area contributed by atoms with Crippen molar-refractivity contribution in [3.05, 3.63) is 52.3 Å². The van der Waals surface area contributed by atoms with Crippen molar-refractivity contribution in [3.63, 3.8) is 0 Å². The molecular weight excluding hydrogens is 328 g/mol. The van der Waals surface area contributed by atoms with Gasteiger partial charge in [-0.25, -0.2) is 0 Å². The Morgan fingerprint density at radius 1 is 1.58 bits per heavy atom. The van der Waals surface area contributed by atoms with Crippen molar-refractivity contribution in [1.82, 2.24) is 15.1 Å². The lowest BCUT2D eigenvalue weighted by atomic mass is 10.0. The van der Waals surface area contributed by atoms with Crippen molar-refractivity contribution in [2.24, 2.45) is 0 Å². The maximum Gasteiger partial charge on any atom is 0.253 e. The van der Waals surface area contributed by atoms with Crippen molar-refractivity contribution in [3.8, 4) is 6.07 Å². The van der Waals surface area contributed by atoms with Gasteiger partial charge in [-0.1, -0.05) is 11.6 Å². The number of rotatable bonds is 4. The molecule has 6 nitrogen and oxygen atoms in total. The molecule has 124 valence electrons. The highest BCUT2D eigenvalue weighted by Crippen LogP contribution is 2.29. The van der Waals surface area contributed by atoms with Gasteiger partial charge in [-0.05, 0) is 31.5 Å². The molecule has 0 radical (unpaired) electrons. The second kappa shape index (κ2) is 7.04. The summed E-state index contributed by atoms with van der Waals surface area (Å²) in [6, 6.07) is 6.49. The van der Waals surface area contributed by atoms with Crippen LogP contribution in [0.25, 0.3) is 0 Å². The zero-order valence-corrected chi connectivity index (χ0v) is 14.0. The fraction of sp³-hybridized carbons (Fsp3) is 0.353. The molecule has 0 unspecified atom stereocenters. The van der Waals surface area contributed by atoms with E-state index in [1.807, 2.05) is 23.9 Å². The topological polar surface area (TPSA) is 79.9 Å². The SMILES string of the molecule is CCn1cc([C@H]2OCC[C@@H]2NC(=O)c2cc(C#N)ccc2Cl)cn1. The maximum atomic E-state index is 12.5. The van der Waals surface area contributed by atoms with E-state index in [0.29, 0.717) is 29.2 Å². The van der Waals surface area contributed by atoms with Crippen LogP contribution in [0, 0.1) is 11.3 Å². The number of hydrogen-bond donors (Lipinski definition) is 1. The van der Waals surface area contributed by atoms with Gasteiger partial charge in [0.05, 0.1) is 34.5 Å². The van der Waals surface area contributed by atoms with E-state index in [1.54, 1.807) is 18.3 Å². The number of nitrogens with one attached hydrogen (secondary N) is 1. The third-order valence-corrected chi connectivity index (χ3v) is 4.38. The molecule has 1 fully saturated rings. The van der Waals surface area contributed by atoms with Crippen LogP contribution in [0.3, 0.4) is 0 Å². The number of carbonyl (C=O) groups is 1. The number of aryl methyl sites for hydroxylation is 1. The first-order valence-corrected chi connectivity index (χ1v) is 8.14. The van der Waals surface area contributed by atoms with Crippen molar-refractivity contribution >= 4 is 17.5 Å². The molecule has 0 aliphatic carbocycles. The summed E-state index contributed by atoms with van der Waals surface area (Å²) < 4.78 is 7.59. The Morgan fingerprint density at radius 3 is 3.12 bits per heavy atom. The Balaban J connectivity index is 1.77. The van der Waals surface area contributed by atoms with Crippen LogP contribution in [-0.2, 0) is 11.3 Å². The molecule has 3 rings (SSSR count). The van der Waals surface area contributed by atoms with Crippen LogP contribution in [0.15, 0.2) is 30.6 Å². The molecule has 2 atom stereocenters. The number of benzene rings is 1. The van der Waals surface area contributed by atoms with Gasteiger partial charge in [0.15, 0.2) is 0 Å². The van der Waals surface area contributed by atoms with Crippen LogP contribution in [-0.4, -0.2) is 28.3 Å². The molecule has 2 heterocycles. The van der Waals surface area contributed by atoms with Gasteiger partial charge in [-0.15, -0.1) is 0 Å². The van der Waals surface area contributed by atoms with Crippen LogP contribution < -0.4 is 5.32 Å². The molecule has 7 heteroatoms. The molecule has 1 amide bonds. The van der Waals surface area contributed by atoms with Crippen molar-refractivity contribution in [1.29, 1.82) is 5.26 Å². The minimum absolute atomic E-state index is 0.159. The van der Waals surface area contributed by atoms with Gasteiger partial charge in [0.1, 0.15) is 6.10 Å². The van der Waals surface area contributed by atoms with E-state index < -0.39 is 0 Å². The van der Waals surface area contributed by atoms with Crippen LogP contribution in [0.1, 0.15) is 40.9 Å². The molecule has 1 aromatic heterocycles. The summed E-state index contributed by atoms with van der Waals surface area (Å²) in [4.78, 5) is 12.5. The summed E-state index contributed by atoms with van der Waals surface area (Å²) in [5.74, 6) is -0.305. The Kier molecular flexibility index (Phi) is 4.84. The first kappa shape index (κ1) is 16.5. The number of aromatic nitrogens is 2. The predicted octanol–water partition coefficient (Wildman–Crippen LogP) is 2.69. The lowest BCUT2D eigenvalue weighted by Gasteiger charge is -2.19. The zero-order chi connectivity index (χ0) is 17.1. The normalized spacial score (nSPS) is 19.9. The van der Waals surface area contributed by atoms with E-state index in [1.165, 1.54) is 6.07 Å². The Morgan fingerprint density at radius 2 is 2.42 bits per heavy atom. The van der Waals surface area contributed by atoms with E-state index >= 15 is 0 Å². The average molecular weight is 345 g/mol. The van der Waals surface area contributed by atoms with E-state index in [0.717, 1.165) is 12.1 Å². The molecule has 0 spiro atoms. The largest absolute Gasteiger partial charge is 0.371 e. The molecule has 24 heavy (non-hydrogen) atoms. The van der Waals surface area contributed by atoms with Gasteiger partial charge in [0.2, 0.25) is 0 Å². The predicted molar refractivity (Wildman–Crippen MR) is 88.6 cm³/mol. The summed E-state index contributed by atoms with van der Waals surface area (Å²) >= 11 is 6.09. The Labute approximate surface area is 145 Å². The summed E-state index contributed by atoms with van der Waals surface area (Å²) in [7, 11) is 0. The van der Waals surface area contributed by atoms with Crippen LogP contribution in [0.2, 0.25) is 5.02 Å². The molecule has 1 aromatic carbocycles. The number of hydrogen-bond acceptors (Lipinski definition) is 4.